The van der Waals surface area contributed by atoms with Crippen molar-refractivity contribution in [3.63, 3.8) is 0 Å². The summed E-state index contributed by atoms with van der Waals surface area (Å²) in [5, 5.41) is 0. The van der Waals surface area contributed by atoms with Gasteiger partial charge < -0.3 is 0 Å². The third kappa shape index (κ3) is 4.68. The lowest BCUT2D eigenvalue weighted by Crippen LogP contribution is -2.47. The zero-order chi connectivity index (χ0) is 19.2. The predicted molar refractivity (Wildman–Crippen MR) is 111 cm³/mol. The first-order valence-corrected chi connectivity index (χ1v) is 9.27. The minimum absolute atomic E-state index is 0.0588. The summed E-state index contributed by atoms with van der Waals surface area (Å²) in [6.45, 7) is 34.2. The van der Waals surface area contributed by atoms with Gasteiger partial charge in [0, 0.05) is 10.2 Å². The second-order valence-corrected chi connectivity index (χ2v) is 11.8. The summed E-state index contributed by atoms with van der Waals surface area (Å²) in [6, 6.07) is 0. The van der Waals surface area contributed by atoms with E-state index in [1.165, 1.54) is 16.7 Å². The quantitative estimate of drug-likeness (QED) is 0.395. The van der Waals surface area contributed by atoms with E-state index in [9.17, 15) is 0 Å². The van der Waals surface area contributed by atoms with E-state index in [0.717, 1.165) is 0 Å². The topological polar surface area (TPSA) is 0 Å². The number of rotatable bonds is 3. The Labute approximate surface area is 152 Å². The molecule has 0 aromatic heterocycles. The lowest BCUT2D eigenvalue weighted by atomic mass is 9.58. The molecule has 1 unspecified atom stereocenters. The van der Waals surface area contributed by atoms with Crippen LogP contribution in [0.2, 0.25) is 0 Å². The van der Waals surface area contributed by atoms with Gasteiger partial charge in [-0.05, 0) is 35.7 Å². The highest BCUT2D eigenvalue weighted by molar-refractivity contribution is 7.82. The molecule has 0 amide bonds. The van der Waals surface area contributed by atoms with Crippen LogP contribution < -0.4 is 0 Å². The van der Waals surface area contributed by atoms with E-state index in [1.807, 2.05) is 0 Å². The number of hydrogen-bond donors (Lipinski definition) is 1. The van der Waals surface area contributed by atoms with E-state index >= 15 is 0 Å². The maximum absolute atomic E-state index is 5.28. The normalized spacial score (nSPS) is 18.3. The molecular weight excluding hydrogens is 296 g/mol. The molecule has 0 bridgehead atoms. The molecule has 0 aromatic rings. The first-order chi connectivity index (χ1) is 9.68. The summed E-state index contributed by atoms with van der Waals surface area (Å²) in [4.78, 5) is 0. The van der Waals surface area contributed by atoms with Crippen LogP contribution in [0.1, 0.15) is 90.0 Å². The Balaban J connectivity index is 6.57. The van der Waals surface area contributed by atoms with Crippen LogP contribution in [-0.2, 0) is 0 Å². The Morgan fingerprint density at radius 2 is 1.00 bits per heavy atom. The van der Waals surface area contributed by atoms with Crippen molar-refractivity contribution in [3.05, 3.63) is 23.3 Å². The standard InChI is InChI=1S/C22H42S/c1-15(18(3,4)5)17(20(9,10)11)22(14,23)21(12,13)16(2)19(6,7)8/h23H,2H2,1,3-14H3/b17-15+. The molecule has 0 radical (unpaired) electrons. The molecule has 0 aromatic carbocycles. The van der Waals surface area contributed by atoms with Crippen LogP contribution in [0, 0.1) is 21.7 Å². The Hall–Kier alpha value is -0.170. The number of thiol groups is 1. The summed E-state index contributed by atoms with van der Waals surface area (Å²) in [7, 11) is 0. The summed E-state index contributed by atoms with van der Waals surface area (Å²) >= 11 is 5.28. The van der Waals surface area contributed by atoms with E-state index < -0.39 is 0 Å². The zero-order valence-corrected chi connectivity index (χ0v) is 19.0. The summed E-state index contributed by atoms with van der Waals surface area (Å²) in [6.07, 6.45) is 0. The minimum Gasteiger partial charge on any atom is -0.167 e. The van der Waals surface area contributed by atoms with Crippen molar-refractivity contribution in [1.29, 1.82) is 0 Å². The molecule has 0 saturated carbocycles. The van der Waals surface area contributed by atoms with Gasteiger partial charge in [0.05, 0.1) is 0 Å². The van der Waals surface area contributed by atoms with Crippen LogP contribution in [0.5, 0.6) is 0 Å². The molecule has 0 aliphatic heterocycles. The van der Waals surface area contributed by atoms with Gasteiger partial charge >= 0.3 is 0 Å². The molecule has 136 valence electrons. The Morgan fingerprint density at radius 1 is 0.652 bits per heavy atom. The van der Waals surface area contributed by atoms with Crippen molar-refractivity contribution in [3.8, 4) is 0 Å². The van der Waals surface area contributed by atoms with Gasteiger partial charge in [0.25, 0.3) is 0 Å². The first-order valence-electron chi connectivity index (χ1n) is 8.83. The molecule has 0 nitrogen and oxygen atoms in total. The van der Waals surface area contributed by atoms with Crippen molar-refractivity contribution in [2.24, 2.45) is 21.7 Å². The van der Waals surface area contributed by atoms with Crippen molar-refractivity contribution in [1.82, 2.24) is 0 Å². The molecule has 1 heteroatoms. The van der Waals surface area contributed by atoms with Gasteiger partial charge in [-0.1, -0.05) is 93.9 Å². The molecular formula is C22H42S. The smallest absolute Gasteiger partial charge is 0.0405 e. The van der Waals surface area contributed by atoms with Crippen LogP contribution in [0.3, 0.4) is 0 Å². The van der Waals surface area contributed by atoms with E-state index in [1.54, 1.807) is 0 Å². The van der Waals surface area contributed by atoms with Crippen LogP contribution in [-0.4, -0.2) is 4.75 Å². The van der Waals surface area contributed by atoms with E-state index in [4.69, 9.17) is 12.6 Å². The molecule has 0 aliphatic carbocycles. The second kappa shape index (κ2) is 6.28. The molecule has 0 rings (SSSR count). The van der Waals surface area contributed by atoms with Gasteiger partial charge in [0.15, 0.2) is 0 Å². The number of hydrogen-bond acceptors (Lipinski definition) is 1. The van der Waals surface area contributed by atoms with Gasteiger partial charge in [-0.3, -0.25) is 0 Å². The van der Waals surface area contributed by atoms with Crippen LogP contribution >= 0.6 is 12.6 Å². The maximum Gasteiger partial charge on any atom is 0.0405 e. The molecule has 0 N–H and O–H groups in total. The van der Waals surface area contributed by atoms with Gasteiger partial charge in [0.2, 0.25) is 0 Å². The molecule has 0 saturated heterocycles. The van der Waals surface area contributed by atoms with Gasteiger partial charge in [-0.25, -0.2) is 0 Å². The lowest BCUT2D eigenvalue weighted by molar-refractivity contribution is 0.260. The van der Waals surface area contributed by atoms with Gasteiger partial charge in [-0.2, -0.15) is 12.6 Å². The number of allylic oxidation sites excluding steroid dienone is 2. The van der Waals surface area contributed by atoms with Crippen LogP contribution in [0.4, 0.5) is 0 Å². The Bertz CT molecular complexity index is 480. The largest absolute Gasteiger partial charge is 0.167 e. The third-order valence-corrected chi connectivity index (χ3v) is 6.40. The maximum atomic E-state index is 5.28. The van der Waals surface area contributed by atoms with Crippen molar-refractivity contribution >= 4 is 12.6 Å². The summed E-state index contributed by atoms with van der Waals surface area (Å²) in [5.41, 5.74) is 4.27. The summed E-state index contributed by atoms with van der Waals surface area (Å²) in [5.74, 6) is 0. The molecule has 0 aliphatic rings. The summed E-state index contributed by atoms with van der Waals surface area (Å²) < 4.78 is -0.271. The molecule has 0 heterocycles. The fourth-order valence-corrected chi connectivity index (χ4v) is 4.21. The first kappa shape index (κ1) is 22.8. The van der Waals surface area contributed by atoms with Crippen molar-refractivity contribution in [2.45, 2.75) is 94.8 Å². The highest BCUT2D eigenvalue weighted by Gasteiger charge is 2.49. The SMILES string of the molecule is C=C(C(C)(C)C)C(C)(C)C(C)(S)/C(=C(\C)C(C)(C)C)C(C)(C)C. The predicted octanol–water partition coefficient (Wildman–Crippen LogP) is 7.71. The lowest BCUT2D eigenvalue weighted by Gasteiger charge is -2.52. The molecule has 23 heavy (non-hydrogen) atoms. The van der Waals surface area contributed by atoms with Crippen LogP contribution in [0.25, 0.3) is 0 Å². The van der Waals surface area contributed by atoms with Gasteiger partial charge in [-0.15, -0.1) is 0 Å². The second-order valence-electron chi connectivity index (χ2n) is 10.9. The monoisotopic (exact) mass is 338 g/mol. The Kier molecular flexibility index (Phi) is 6.24. The fourth-order valence-electron chi connectivity index (χ4n) is 3.58. The molecule has 0 spiro atoms. The highest BCUT2D eigenvalue weighted by Crippen LogP contribution is 2.56. The van der Waals surface area contributed by atoms with Gasteiger partial charge in [0.1, 0.15) is 0 Å². The van der Waals surface area contributed by atoms with E-state index in [-0.39, 0.29) is 26.4 Å². The van der Waals surface area contributed by atoms with Crippen molar-refractivity contribution in [2.75, 3.05) is 0 Å². The van der Waals surface area contributed by atoms with Crippen LogP contribution in [0.15, 0.2) is 23.3 Å². The Morgan fingerprint density at radius 3 is 1.22 bits per heavy atom. The van der Waals surface area contributed by atoms with E-state index in [2.05, 4.69) is 96.6 Å². The zero-order valence-electron chi connectivity index (χ0n) is 18.2. The average Bonchev–Trinajstić information content (AvgIpc) is 2.22. The fraction of sp³-hybridized carbons (Fsp3) is 0.818. The third-order valence-electron chi connectivity index (χ3n) is 5.61. The highest BCUT2D eigenvalue weighted by atomic mass is 32.1. The molecule has 1 atom stereocenters. The van der Waals surface area contributed by atoms with E-state index in [0.29, 0.717) is 0 Å². The van der Waals surface area contributed by atoms with Crippen molar-refractivity contribution < 1.29 is 0 Å². The molecule has 0 fully saturated rings. The average molecular weight is 339 g/mol. The minimum atomic E-state index is -0.271.